The maximum atomic E-state index is 11.6. The van der Waals surface area contributed by atoms with Crippen molar-refractivity contribution >= 4 is 23.9 Å². The van der Waals surface area contributed by atoms with Crippen molar-refractivity contribution in [1.29, 1.82) is 0 Å². The molecule has 24 heavy (non-hydrogen) atoms. The van der Waals surface area contributed by atoms with Gasteiger partial charge in [0.15, 0.2) is 6.10 Å². The molecule has 0 amide bonds. The van der Waals surface area contributed by atoms with E-state index in [4.69, 9.17) is 9.47 Å². The lowest BCUT2D eigenvalue weighted by atomic mass is 10.3. The summed E-state index contributed by atoms with van der Waals surface area (Å²) in [5, 5.41) is 1.85. The highest BCUT2D eigenvalue weighted by Gasteiger charge is 2.17. The van der Waals surface area contributed by atoms with Crippen LogP contribution >= 0.6 is 0 Å². The van der Waals surface area contributed by atoms with Gasteiger partial charge in [-0.15, -0.1) is 0 Å². The molecule has 0 saturated heterocycles. The van der Waals surface area contributed by atoms with Crippen molar-refractivity contribution in [3.05, 3.63) is 24.3 Å². The Kier molecular flexibility index (Phi) is 11.4. The predicted octanol–water partition coefficient (Wildman–Crippen LogP) is -1.52. The van der Waals surface area contributed by atoms with Crippen LogP contribution in [0.2, 0.25) is 0 Å². The largest absolute Gasteiger partial charge is 0.466 e. The van der Waals surface area contributed by atoms with Crippen LogP contribution < -0.4 is 5.32 Å². The standard InChI is InChI=1S/C15H21NO8/c1-4-16-9-11(24-15(20)8-6-13(18)22-3)10-23-14(19)7-5-12(17)21-2/h5-8,11,16H,4,9-10H2,1-3H3/p+1/b7-5+,8-6+. The first-order chi connectivity index (χ1) is 11.4. The molecular formula is C15H22NO8+. The molecule has 0 bridgehead atoms. The van der Waals surface area contributed by atoms with Crippen LogP contribution in [0.5, 0.6) is 0 Å². The van der Waals surface area contributed by atoms with Crippen LogP contribution in [0.3, 0.4) is 0 Å². The number of rotatable bonds is 10. The summed E-state index contributed by atoms with van der Waals surface area (Å²) in [6.07, 6.45) is 2.96. The lowest BCUT2D eigenvalue weighted by Crippen LogP contribution is -2.86. The van der Waals surface area contributed by atoms with Crippen molar-refractivity contribution in [2.24, 2.45) is 0 Å². The van der Waals surface area contributed by atoms with Gasteiger partial charge in [0.05, 0.1) is 20.8 Å². The number of esters is 4. The molecule has 0 spiro atoms. The zero-order valence-electron chi connectivity index (χ0n) is 13.9. The number of ether oxygens (including phenoxy) is 4. The molecule has 0 aromatic rings. The molecule has 134 valence electrons. The Bertz CT molecular complexity index is 498. The molecule has 9 nitrogen and oxygen atoms in total. The van der Waals surface area contributed by atoms with E-state index in [2.05, 4.69) is 9.47 Å². The van der Waals surface area contributed by atoms with E-state index in [1.165, 1.54) is 14.2 Å². The molecular weight excluding hydrogens is 322 g/mol. The Morgan fingerprint density at radius 2 is 1.38 bits per heavy atom. The van der Waals surface area contributed by atoms with Crippen LogP contribution in [0.1, 0.15) is 6.92 Å². The van der Waals surface area contributed by atoms with Crippen LogP contribution in [0.25, 0.3) is 0 Å². The smallest absolute Gasteiger partial charge is 0.331 e. The first-order valence-corrected chi connectivity index (χ1v) is 7.14. The van der Waals surface area contributed by atoms with E-state index in [-0.39, 0.29) is 6.61 Å². The summed E-state index contributed by atoms with van der Waals surface area (Å²) in [7, 11) is 2.36. The third kappa shape index (κ3) is 11.0. The quantitative estimate of drug-likeness (QED) is 0.288. The zero-order valence-corrected chi connectivity index (χ0v) is 13.9. The lowest BCUT2D eigenvalue weighted by Gasteiger charge is -2.15. The molecule has 0 aliphatic heterocycles. The fourth-order valence-electron chi connectivity index (χ4n) is 1.34. The van der Waals surface area contributed by atoms with Gasteiger partial charge in [0, 0.05) is 24.3 Å². The number of nitrogens with two attached hydrogens (primary N) is 1. The molecule has 0 aromatic heterocycles. The van der Waals surface area contributed by atoms with Gasteiger partial charge in [-0.1, -0.05) is 0 Å². The maximum Gasteiger partial charge on any atom is 0.331 e. The van der Waals surface area contributed by atoms with Crippen molar-refractivity contribution in [3.8, 4) is 0 Å². The van der Waals surface area contributed by atoms with Crippen molar-refractivity contribution in [2.45, 2.75) is 13.0 Å². The van der Waals surface area contributed by atoms with E-state index in [1.54, 1.807) is 0 Å². The topological polar surface area (TPSA) is 122 Å². The summed E-state index contributed by atoms with van der Waals surface area (Å²) in [6, 6.07) is 0. The minimum absolute atomic E-state index is 0.196. The Labute approximate surface area is 139 Å². The minimum atomic E-state index is -0.775. The maximum absolute atomic E-state index is 11.6. The van der Waals surface area contributed by atoms with Crippen molar-refractivity contribution in [3.63, 3.8) is 0 Å². The normalized spacial score (nSPS) is 12.0. The molecule has 1 atom stereocenters. The van der Waals surface area contributed by atoms with Gasteiger partial charge < -0.3 is 24.3 Å². The fraction of sp³-hybridized carbons (Fsp3) is 0.467. The first kappa shape index (κ1) is 21.3. The summed E-state index contributed by atoms with van der Waals surface area (Å²) < 4.78 is 18.7. The van der Waals surface area contributed by atoms with Gasteiger partial charge in [-0.05, 0) is 6.92 Å². The predicted molar refractivity (Wildman–Crippen MR) is 80.5 cm³/mol. The zero-order chi connectivity index (χ0) is 18.4. The van der Waals surface area contributed by atoms with Gasteiger partial charge in [0.2, 0.25) is 0 Å². The van der Waals surface area contributed by atoms with E-state index in [0.29, 0.717) is 6.54 Å². The van der Waals surface area contributed by atoms with Gasteiger partial charge in [0.25, 0.3) is 0 Å². The van der Waals surface area contributed by atoms with Gasteiger partial charge in [0.1, 0.15) is 13.2 Å². The summed E-state index contributed by atoms with van der Waals surface area (Å²) in [5.74, 6) is -2.93. The van der Waals surface area contributed by atoms with Crippen LogP contribution in [0.4, 0.5) is 0 Å². The highest BCUT2D eigenvalue weighted by molar-refractivity contribution is 5.92. The molecule has 0 heterocycles. The number of methoxy groups -OCH3 is 2. The third-order valence-electron chi connectivity index (χ3n) is 2.53. The molecule has 0 aliphatic rings. The van der Waals surface area contributed by atoms with Crippen molar-refractivity contribution in [1.82, 2.24) is 0 Å². The number of carbonyl (C=O) groups excluding carboxylic acids is 4. The highest BCUT2D eigenvalue weighted by atomic mass is 16.6. The minimum Gasteiger partial charge on any atom is -0.466 e. The fourth-order valence-corrected chi connectivity index (χ4v) is 1.34. The Hall–Kier alpha value is -2.68. The average Bonchev–Trinajstić information content (AvgIpc) is 2.59. The Morgan fingerprint density at radius 1 is 0.875 bits per heavy atom. The van der Waals surface area contributed by atoms with E-state index < -0.39 is 30.0 Å². The molecule has 0 saturated carbocycles. The van der Waals surface area contributed by atoms with E-state index >= 15 is 0 Å². The lowest BCUT2D eigenvalue weighted by molar-refractivity contribution is -0.657. The van der Waals surface area contributed by atoms with Crippen molar-refractivity contribution < 1.29 is 43.4 Å². The monoisotopic (exact) mass is 344 g/mol. The molecule has 2 N–H and O–H groups in total. The van der Waals surface area contributed by atoms with Gasteiger partial charge in [-0.25, -0.2) is 19.2 Å². The van der Waals surface area contributed by atoms with Gasteiger partial charge in [-0.2, -0.15) is 0 Å². The average molecular weight is 344 g/mol. The summed E-state index contributed by atoms with van der Waals surface area (Å²) >= 11 is 0. The van der Waals surface area contributed by atoms with Crippen LogP contribution in [0, 0.1) is 0 Å². The molecule has 0 aliphatic carbocycles. The SMILES string of the molecule is CC[NH2+]CC(COC(=O)/C=C/C(=O)OC)OC(=O)/C=C/C(=O)OC. The number of likely N-dealkylation sites (N-methyl/N-ethyl adjacent to an activating group) is 1. The Morgan fingerprint density at radius 3 is 1.88 bits per heavy atom. The van der Waals surface area contributed by atoms with Crippen LogP contribution in [-0.4, -0.2) is 63.9 Å². The third-order valence-corrected chi connectivity index (χ3v) is 2.53. The van der Waals surface area contributed by atoms with Gasteiger partial charge >= 0.3 is 23.9 Å². The van der Waals surface area contributed by atoms with E-state index in [1.807, 2.05) is 12.2 Å². The van der Waals surface area contributed by atoms with E-state index in [9.17, 15) is 19.2 Å². The molecule has 0 fully saturated rings. The second-order valence-electron chi connectivity index (χ2n) is 4.33. The first-order valence-electron chi connectivity index (χ1n) is 7.14. The molecule has 1 unspecified atom stereocenters. The van der Waals surface area contributed by atoms with Crippen LogP contribution in [-0.2, 0) is 38.1 Å². The van der Waals surface area contributed by atoms with Crippen molar-refractivity contribution in [2.75, 3.05) is 33.9 Å². The molecule has 0 aromatic carbocycles. The number of quaternary nitrogens is 1. The number of carbonyl (C=O) groups is 4. The van der Waals surface area contributed by atoms with Gasteiger partial charge in [-0.3, -0.25) is 0 Å². The number of hydrogen-bond acceptors (Lipinski definition) is 8. The second-order valence-corrected chi connectivity index (χ2v) is 4.33. The Balaban J connectivity index is 4.50. The number of hydrogen-bond donors (Lipinski definition) is 1. The summed E-state index contributed by atoms with van der Waals surface area (Å²) in [6.45, 7) is 2.81. The highest BCUT2D eigenvalue weighted by Crippen LogP contribution is 1.96. The van der Waals surface area contributed by atoms with E-state index in [0.717, 1.165) is 30.8 Å². The molecule has 0 radical (unpaired) electrons. The summed E-state index contributed by atoms with van der Waals surface area (Å²) in [4.78, 5) is 44.8. The molecule has 0 rings (SSSR count). The van der Waals surface area contributed by atoms with Crippen LogP contribution in [0.15, 0.2) is 24.3 Å². The second kappa shape index (κ2) is 12.8. The summed E-state index contributed by atoms with van der Waals surface area (Å²) in [5.41, 5.74) is 0. The molecule has 9 heteroatoms.